The monoisotopic (exact) mass is 466 g/mol. The van der Waals surface area contributed by atoms with Crippen LogP contribution in [0, 0.1) is 17.6 Å². The third-order valence-corrected chi connectivity index (χ3v) is 5.93. The van der Waals surface area contributed by atoms with Gasteiger partial charge in [0.25, 0.3) is 0 Å². The molecule has 3 atom stereocenters. The minimum atomic E-state index is -1.16. The summed E-state index contributed by atoms with van der Waals surface area (Å²) in [5, 5.41) is 22.9. The standard InChI is InChI=1S/C23H25ClF2N2O4/c24-18-11-14(1-8-19(18)26)12-28(13-22(30)31)23(32)15-2-9-20(21(29)10-3-15)27-17-6-4-16(25)5-7-17/h1,4-8,11,15,20-21,27,29H,2-3,9-10,12-13H2,(H,30,31)/t15-,20+,21+/m1/s1. The number of aliphatic hydroxyl groups is 1. The largest absolute Gasteiger partial charge is 0.480 e. The third kappa shape index (κ3) is 6.40. The molecule has 0 bridgehead atoms. The van der Waals surface area contributed by atoms with Crippen LogP contribution in [0.3, 0.4) is 0 Å². The van der Waals surface area contributed by atoms with E-state index in [2.05, 4.69) is 5.32 Å². The second-order valence-electron chi connectivity index (χ2n) is 8.01. The number of anilines is 1. The van der Waals surface area contributed by atoms with Crippen molar-refractivity contribution >= 4 is 29.2 Å². The van der Waals surface area contributed by atoms with Gasteiger partial charge in [-0.05, 0) is 67.6 Å². The molecule has 0 radical (unpaired) electrons. The normalized spacial score (nSPS) is 20.9. The van der Waals surface area contributed by atoms with Gasteiger partial charge in [0.1, 0.15) is 18.2 Å². The Labute approximate surface area is 189 Å². The molecular formula is C23H25ClF2N2O4. The Morgan fingerprint density at radius 1 is 1.06 bits per heavy atom. The molecule has 0 aromatic heterocycles. The molecule has 6 nitrogen and oxygen atoms in total. The van der Waals surface area contributed by atoms with Gasteiger partial charge in [0, 0.05) is 18.2 Å². The summed E-state index contributed by atoms with van der Waals surface area (Å²) in [6.07, 6.45) is 0.995. The van der Waals surface area contributed by atoms with E-state index in [1.807, 2.05) is 0 Å². The molecule has 1 saturated carbocycles. The molecule has 1 fully saturated rings. The SMILES string of the molecule is O=C(O)CN(Cc1ccc(F)c(Cl)c1)C(=O)[C@@H]1CC[C@H](Nc2ccc(F)cc2)[C@@H](O)CC1. The topological polar surface area (TPSA) is 89.9 Å². The van der Waals surface area contributed by atoms with Gasteiger partial charge < -0.3 is 20.4 Å². The quantitative estimate of drug-likeness (QED) is 0.535. The first-order valence-corrected chi connectivity index (χ1v) is 10.8. The highest BCUT2D eigenvalue weighted by molar-refractivity contribution is 6.30. The predicted molar refractivity (Wildman–Crippen MR) is 116 cm³/mol. The zero-order chi connectivity index (χ0) is 23.3. The Morgan fingerprint density at radius 3 is 2.41 bits per heavy atom. The third-order valence-electron chi connectivity index (χ3n) is 5.64. The summed E-state index contributed by atoms with van der Waals surface area (Å²) in [4.78, 5) is 25.7. The maximum atomic E-state index is 13.4. The predicted octanol–water partition coefficient (Wildman–Crippen LogP) is 4.06. The number of nitrogens with one attached hydrogen (secondary N) is 1. The van der Waals surface area contributed by atoms with Crippen LogP contribution in [-0.4, -0.2) is 45.7 Å². The number of aliphatic hydroxyl groups excluding tert-OH is 1. The lowest BCUT2D eigenvalue weighted by atomic mass is 9.98. The van der Waals surface area contributed by atoms with Crippen molar-refractivity contribution in [3.05, 3.63) is 64.7 Å². The molecule has 3 rings (SSSR count). The number of amides is 1. The van der Waals surface area contributed by atoms with E-state index >= 15 is 0 Å². The molecule has 0 heterocycles. The maximum Gasteiger partial charge on any atom is 0.323 e. The lowest BCUT2D eigenvalue weighted by Crippen LogP contribution is -2.39. The highest BCUT2D eigenvalue weighted by Gasteiger charge is 2.32. The van der Waals surface area contributed by atoms with Crippen LogP contribution < -0.4 is 5.32 Å². The van der Waals surface area contributed by atoms with Crippen LogP contribution in [0.4, 0.5) is 14.5 Å². The molecule has 0 saturated heterocycles. The smallest absolute Gasteiger partial charge is 0.323 e. The number of hydrogen-bond acceptors (Lipinski definition) is 4. The summed E-state index contributed by atoms with van der Waals surface area (Å²) >= 11 is 5.81. The van der Waals surface area contributed by atoms with Crippen LogP contribution in [0.1, 0.15) is 31.2 Å². The zero-order valence-electron chi connectivity index (χ0n) is 17.3. The number of carboxylic acid groups (broad SMARTS) is 1. The molecule has 2 aromatic carbocycles. The van der Waals surface area contributed by atoms with Crippen LogP contribution in [-0.2, 0) is 16.1 Å². The Balaban J connectivity index is 1.68. The van der Waals surface area contributed by atoms with Gasteiger partial charge in [0.05, 0.1) is 17.2 Å². The number of carbonyl (C=O) groups excluding carboxylic acids is 1. The maximum absolute atomic E-state index is 13.4. The number of nitrogens with zero attached hydrogens (tertiary/aromatic N) is 1. The van der Waals surface area contributed by atoms with Gasteiger partial charge in [-0.3, -0.25) is 9.59 Å². The number of aliphatic carboxylic acids is 1. The molecule has 1 aliphatic carbocycles. The van der Waals surface area contributed by atoms with E-state index in [0.717, 1.165) is 0 Å². The number of benzene rings is 2. The lowest BCUT2D eigenvalue weighted by molar-refractivity contribution is -0.147. The van der Waals surface area contributed by atoms with E-state index in [1.165, 1.54) is 35.2 Å². The fourth-order valence-electron chi connectivity index (χ4n) is 3.96. The van der Waals surface area contributed by atoms with Crippen molar-refractivity contribution in [3.63, 3.8) is 0 Å². The van der Waals surface area contributed by atoms with Gasteiger partial charge >= 0.3 is 5.97 Å². The molecule has 2 aromatic rings. The van der Waals surface area contributed by atoms with Crippen LogP contribution in [0.15, 0.2) is 42.5 Å². The van der Waals surface area contributed by atoms with Gasteiger partial charge in [-0.2, -0.15) is 0 Å². The van der Waals surface area contributed by atoms with E-state index in [9.17, 15) is 28.6 Å². The van der Waals surface area contributed by atoms with E-state index < -0.39 is 30.4 Å². The molecule has 32 heavy (non-hydrogen) atoms. The van der Waals surface area contributed by atoms with E-state index in [0.29, 0.717) is 36.9 Å². The molecule has 3 N–H and O–H groups in total. The van der Waals surface area contributed by atoms with Crippen molar-refractivity contribution in [1.29, 1.82) is 0 Å². The summed E-state index contributed by atoms with van der Waals surface area (Å²) in [6.45, 7) is -0.508. The summed E-state index contributed by atoms with van der Waals surface area (Å²) in [6, 6.07) is 9.50. The first kappa shape index (κ1) is 23.9. The van der Waals surface area contributed by atoms with Crippen molar-refractivity contribution in [2.45, 2.75) is 44.4 Å². The minimum absolute atomic E-state index is 0.0125. The number of rotatable bonds is 7. The first-order valence-electron chi connectivity index (χ1n) is 10.4. The van der Waals surface area contributed by atoms with Crippen LogP contribution in [0.25, 0.3) is 0 Å². The molecule has 0 aliphatic heterocycles. The molecule has 0 spiro atoms. The lowest BCUT2D eigenvalue weighted by Gasteiger charge is -2.26. The fourth-order valence-corrected chi connectivity index (χ4v) is 4.16. The first-order chi connectivity index (χ1) is 15.2. The van der Waals surface area contributed by atoms with E-state index in [-0.39, 0.29) is 29.3 Å². The highest BCUT2D eigenvalue weighted by Crippen LogP contribution is 2.28. The van der Waals surface area contributed by atoms with Crippen molar-refractivity contribution in [1.82, 2.24) is 4.90 Å². The Kier molecular flexibility index (Phi) is 8.04. The summed E-state index contributed by atoms with van der Waals surface area (Å²) in [7, 11) is 0. The Bertz CT molecular complexity index is 958. The summed E-state index contributed by atoms with van der Waals surface area (Å²) in [5.74, 6) is -2.90. The number of carboxylic acids is 1. The van der Waals surface area contributed by atoms with Gasteiger partial charge in [-0.15, -0.1) is 0 Å². The van der Waals surface area contributed by atoms with Crippen molar-refractivity contribution in [3.8, 4) is 0 Å². The Morgan fingerprint density at radius 2 is 1.75 bits per heavy atom. The van der Waals surface area contributed by atoms with Crippen LogP contribution in [0.5, 0.6) is 0 Å². The minimum Gasteiger partial charge on any atom is -0.480 e. The molecular weight excluding hydrogens is 442 g/mol. The molecule has 9 heteroatoms. The second kappa shape index (κ2) is 10.7. The highest BCUT2D eigenvalue weighted by atomic mass is 35.5. The van der Waals surface area contributed by atoms with E-state index in [4.69, 9.17) is 11.6 Å². The number of hydrogen-bond donors (Lipinski definition) is 3. The molecule has 1 amide bonds. The van der Waals surface area contributed by atoms with Gasteiger partial charge in [0.15, 0.2) is 0 Å². The van der Waals surface area contributed by atoms with Gasteiger partial charge in [-0.25, -0.2) is 8.78 Å². The molecule has 0 unspecified atom stereocenters. The van der Waals surface area contributed by atoms with Crippen LogP contribution in [0.2, 0.25) is 5.02 Å². The van der Waals surface area contributed by atoms with Gasteiger partial charge in [0.2, 0.25) is 5.91 Å². The van der Waals surface area contributed by atoms with Crippen molar-refractivity contribution in [2.24, 2.45) is 5.92 Å². The number of carbonyl (C=O) groups is 2. The number of halogens is 3. The summed E-state index contributed by atoms with van der Waals surface area (Å²) < 4.78 is 26.6. The average molecular weight is 467 g/mol. The zero-order valence-corrected chi connectivity index (χ0v) is 18.1. The van der Waals surface area contributed by atoms with Gasteiger partial charge in [-0.1, -0.05) is 17.7 Å². The summed E-state index contributed by atoms with van der Waals surface area (Å²) in [5.41, 5.74) is 1.19. The molecule has 172 valence electrons. The average Bonchev–Trinajstić information content (AvgIpc) is 2.93. The Hall–Kier alpha value is -2.71. The van der Waals surface area contributed by atoms with Crippen molar-refractivity contribution in [2.75, 3.05) is 11.9 Å². The van der Waals surface area contributed by atoms with Crippen molar-refractivity contribution < 1.29 is 28.6 Å². The molecule has 1 aliphatic rings. The van der Waals surface area contributed by atoms with E-state index in [1.54, 1.807) is 12.1 Å². The van der Waals surface area contributed by atoms with Crippen LogP contribution >= 0.6 is 11.6 Å². The fraction of sp³-hybridized carbons (Fsp3) is 0.391. The second-order valence-corrected chi connectivity index (χ2v) is 8.42.